The fourth-order valence-corrected chi connectivity index (χ4v) is 2.61. The van der Waals surface area contributed by atoms with Crippen LogP contribution in [0.1, 0.15) is 17.5 Å². The minimum atomic E-state index is -0.545. The Kier molecular flexibility index (Phi) is 8.49. The van der Waals surface area contributed by atoms with Crippen molar-refractivity contribution >= 4 is 0 Å². The molecule has 130 valence electrons. The van der Waals surface area contributed by atoms with Crippen LogP contribution in [0.2, 0.25) is 0 Å². The number of hydrogen-bond acceptors (Lipinski definition) is 4. The highest BCUT2D eigenvalue weighted by Gasteiger charge is 2.12. The lowest BCUT2D eigenvalue weighted by molar-refractivity contribution is 0.00773. The molecule has 0 saturated heterocycles. The summed E-state index contributed by atoms with van der Waals surface area (Å²) < 4.78 is 5.61. The largest absolute Gasteiger partial charge is 0.396 e. The normalized spacial score (nSPS) is 12.5. The molecule has 0 radical (unpaired) electrons. The molecule has 0 aliphatic carbocycles. The fourth-order valence-electron chi connectivity index (χ4n) is 2.61. The van der Waals surface area contributed by atoms with Crippen molar-refractivity contribution in [3.05, 3.63) is 71.8 Å². The topological polar surface area (TPSA) is 52.9 Å². The molecular formula is C20H27NO3. The van der Waals surface area contributed by atoms with Gasteiger partial charge in [-0.3, -0.25) is 4.90 Å². The van der Waals surface area contributed by atoms with Gasteiger partial charge in [-0.1, -0.05) is 60.7 Å². The number of aliphatic hydroxyl groups excluding tert-OH is 2. The minimum Gasteiger partial charge on any atom is -0.396 e. The molecule has 0 amide bonds. The molecule has 2 aromatic carbocycles. The van der Waals surface area contributed by atoms with E-state index in [1.807, 2.05) is 48.5 Å². The van der Waals surface area contributed by atoms with Gasteiger partial charge in [0.1, 0.15) is 0 Å². The molecule has 0 saturated carbocycles. The van der Waals surface area contributed by atoms with Crippen LogP contribution < -0.4 is 0 Å². The first-order chi connectivity index (χ1) is 11.8. The number of nitrogens with zero attached hydrogens (tertiary/aromatic N) is 1. The first-order valence-electron chi connectivity index (χ1n) is 8.45. The van der Waals surface area contributed by atoms with Gasteiger partial charge in [0.25, 0.3) is 0 Å². The molecule has 0 unspecified atom stereocenters. The number of benzene rings is 2. The van der Waals surface area contributed by atoms with Crippen molar-refractivity contribution in [3.8, 4) is 0 Å². The molecule has 2 rings (SSSR count). The van der Waals surface area contributed by atoms with Crippen LogP contribution >= 0.6 is 0 Å². The minimum absolute atomic E-state index is 0.159. The molecule has 0 bridgehead atoms. The summed E-state index contributed by atoms with van der Waals surface area (Å²) in [7, 11) is 0. The maximum Gasteiger partial charge on any atom is 0.0900 e. The first kappa shape index (κ1) is 18.6. The Hall–Kier alpha value is -1.72. The lowest BCUT2D eigenvalue weighted by Crippen LogP contribution is -2.35. The molecule has 24 heavy (non-hydrogen) atoms. The Morgan fingerprint density at radius 1 is 0.917 bits per heavy atom. The SMILES string of the molecule is OCCCN(Cc1ccccc1)C[C@@H](O)COCc1ccccc1. The Morgan fingerprint density at radius 2 is 1.54 bits per heavy atom. The average molecular weight is 329 g/mol. The number of ether oxygens (including phenoxy) is 1. The number of aliphatic hydroxyl groups is 2. The monoisotopic (exact) mass is 329 g/mol. The van der Waals surface area contributed by atoms with E-state index in [1.165, 1.54) is 5.56 Å². The predicted octanol–water partition coefficient (Wildman–Crippen LogP) is 2.45. The predicted molar refractivity (Wildman–Crippen MR) is 95.5 cm³/mol. The molecule has 0 aliphatic rings. The molecule has 0 fully saturated rings. The van der Waals surface area contributed by atoms with Crippen LogP contribution in [0.5, 0.6) is 0 Å². The summed E-state index contributed by atoms with van der Waals surface area (Å²) in [6.07, 6.45) is 0.154. The summed E-state index contributed by atoms with van der Waals surface area (Å²) in [5.41, 5.74) is 2.30. The van der Waals surface area contributed by atoms with E-state index in [2.05, 4.69) is 17.0 Å². The zero-order valence-electron chi connectivity index (χ0n) is 14.1. The van der Waals surface area contributed by atoms with Gasteiger partial charge in [-0.2, -0.15) is 0 Å². The maximum absolute atomic E-state index is 10.2. The van der Waals surface area contributed by atoms with E-state index in [0.29, 0.717) is 26.2 Å². The van der Waals surface area contributed by atoms with E-state index in [1.54, 1.807) is 0 Å². The fraction of sp³-hybridized carbons (Fsp3) is 0.400. The van der Waals surface area contributed by atoms with Crippen LogP contribution in [0.4, 0.5) is 0 Å². The van der Waals surface area contributed by atoms with Crippen molar-refractivity contribution in [1.29, 1.82) is 0 Å². The van der Waals surface area contributed by atoms with E-state index in [4.69, 9.17) is 9.84 Å². The Morgan fingerprint density at radius 3 is 2.17 bits per heavy atom. The lowest BCUT2D eigenvalue weighted by Gasteiger charge is -2.25. The summed E-state index contributed by atoms with van der Waals surface area (Å²) in [4.78, 5) is 2.15. The average Bonchev–Trinajstić information content (AvgIpc) is 2.61. The standard InChI is InChI=1S/C20H27NO3/c22-13-7-12-21(14-18-8-3-1-4-9-18)15-20(23)17-24-16-19-10-5-2-6-11-19/h1-6,8-11,20,22-23H,7,12-17H2/t20-/m1/s1. The van der Waals surface area contributed by atoms with Crippen LogP contribution in [0, 0.1) is 0 Å². The first-order valence-corrected chi connectivity index (χ1v) is 8.45. The van der Waals surface area contributed by atoms with Gasteiger partial charge in [-0.25, -0.2) is 0 Å². The molecule has 2 N–H and O–H groups in total. The molecule has 0 spiro atoms. The second-order valence-corrected chi connectivity index (χ2v) is 5.95. The van der Waals surface area contributed by atoms with Crippen molar-refractivity contribution in [2.45, 2.75) is 25.7 Å². The maximum atomic E-state index is 10.2. The van der Waals surface area contributed by atoms with Crippen molar-refractivity contribution < 1.29 is 14.9 Å². The third-order valence-electron chi connectivity index (χ3n) is 3.77. The highest BCUT2D eigenvalue weighted by Crippen LogP contribution is 2.07. The van der Waals surface area contributed by atoms with E-state index in [0.717, 1.165) is 18.7 Å². The van der Waals surface area contributed by atoms with Gasteiger partial charge in [0.2, 0.25) is 0 Å². The van der Waals surface area contributed by atoms with Crippen LogP contribution in [-0.2, 0) is 17.9 Å². The molecule has 2 aromatic rings. The molecule has 1 atom stereocenters. The van der Waals surface area contributed by atoms with E-state index >= 15 is 0 Å². The van der Waals surface area contributed by atoms with E-state index < -0.39 is 6.10 Å². The third kappa shape index (κ3) is 7.23. The summed E-state index contributed by atoms with van der Waals surface area (Å²) in [5, 5.41) is 19.3. The van der Waals surface area contributed by atoms with Gasteiger partial charge >= 0.3 is 0 Å². The van der Waals surface area contributed by atoms with Gasteiger partial charge in [0.05, 0.1) is 19.3 Å². The molecule has 0 heterocycles. The van der Waals surface area contributed by atoms with Gasteiger partial charge in [0, 0.05) is 26.2 Å². The second-order valence-electron chi connectivity index (χ2n) is 5.95. The summed E-state index contributed by atoms with van der Waals surface area (Å²) in [6, 6.07) is 20.1. The Labute approximate surface area is 144 Å². The van der Waals surface area contributed by atoms with Crippen LogP contribution in [-0.4, -0.2) is 47.5 Å². The quantitative estimate of drug-likeness (QED) is 0.665. The molecule has 4 nitrogen and oxygen atoms in total. The van der Waals surface area contributed by atoms with Crippen LogP contribution in [0.25, 0.3) is 0 Å². The molecular weight excluding hydrogens is 302 g/mol. The molecule has 0 aliphatic heterocycles. The highest BCUT2D eigenvalue weighted by molar-refractivity contribution is 5.14. The van der Waals surface area contributed by atoms with Crippen LogP contribution in [0.3, 0.4) is 0 Å². The Bertz CT molecular complexity index is 547. The summed E-state index contributed by atoms with van der Waals surface area (Å²) >= 11 is 0. The van der Waals surface area contributed by atoms with Gasteiger partial charge in [0.15, 0.2) is 0 Å². The van der Waals surface area contributed by atoms with Crippen molar-refractivity contribution in [1.82, 2.24) is 4.90 Å². The third-order valence-corrected chi connectivity index (χ3v) is 3.77. The number of rotatable bonds is 11. The lowest BCUT2D eigenvalue weighted by atomic mass is 10.2. The van der Waals surface area contributed by atoms with Crippen molar-refractivity contribution in [2.75, 3.05) is 26.3 Å². The highest BCUT2D eigenvalue weighted by atomic mass is 16.5. The molecule has 4 heteroatoms. The Balaban J connectivity index is 1.77. The summed E-state index contributed by atoms with van der Waals surface area (Å²) in [5.74, 6) is 0. The van der Waals surface area contributed by atoms with Crippen molar-refractivity contribution in [3.63, 3.8) is 0 Å². The van der Waals surface area contributed by atoms with E-state index in [9.17, 15) is 5.11 Å². The second kappa shape index (κ2) is 10.9. The van der Waals surface area contributed by atoms with Gasteiger partial charge in [-0.05, 0) is 17.5 Å². The van der Waals surface area contributed by atoms with E-state index in [-0.39, 0.29) is 6.61 Å². The number of hydrogen-bond donors (Lipinski definition) is 2. The van der Waals surface area contributed by atoms with Gasteiger partial charge < -0.3 is 14.9 Å². The van der Waals surface area contributed by atoms with Crippen LogP contribution in [0.15, 0.2) is 60.7 Å². The molecule has 0 aromatic heterocycles. The van der Waals surface area contributed by atoms with Gasteiger partial charge in [-0.15, -0.1) is 0 Å². The smallest absolute Gasteiger partial charge is 0.0900 e. The zero-order valence-corrected chi connectivity index (χ0v) is 14.1. The summed E-state index contributed by atoms with van der Waals surface area (Å²) in [6.45, 7) is 3.01. The zero-order chi connectivity index (χ0) is 17.0. The van der Waals surface area contributed by atoms with Crippen molar-refractivity contribution in [2.24, 2.45) is 0 Å².